The molecule has 0 atom stereocenters. The highest BCUT2D eigenvalue weighted by Gasteiger charge is 2.28. The van der Waals surface area contributed by atoms with Crippen molar-refractivity contribution in [1.82, 2.24) is 15.3 Å². The molecule has 1 saturated carbocycles. The van der Waals surface area contributed by atoms with Crippen molar-refractivity contribution in [2.24, 2.45) is 5.92 Å². The molecule has 1 heterocycles. The Labute approximate surface area is 127 Å². The second-order valence-electron chi connectivity index (χ2n) is 5.06. The van der Waals surface area contributed by atoms with Crippen LogP contribution in [0.5, 0.6) is 0 Å². The van der Waals surface area contributed by atoms with Crippen molar-refractivity contribution in [3.05, 3.63) is 18.1 Å². The number of thioether (sulfide) groups is 1. The van der Waals surface area contributed by atoms with Crippen LogP contribution in [0.25, 0.3) is 0 Å². The van der Waals surface area contributed by atoms with E-state index < -0.39 is 12.3 Å². The van der Waals surface area contributed by atoms with Gasteiger partial charge in [-0.25, -0.2) is 18.7 Å². The maximum atomic E-state index is 12.6. The largest absolute Gasteiger partial charge is 0.348 e. The molecule has 2 rings (SSSR count). The van der Waals surface area contributed by atoms with E-state index in [9.17, 15) is 13.6 Å². The van der Waals surface area contributed by atoms with Gasteiger partial charge >= 0.3 is 0 Å². The first kappa shape index (κ1) is 16.1. The van der Waals surface area contributed by atoms with E-state index in [0.717, 1.165) is 5.75 Å². The summed E-state index contributed by atoms with van der Waals surface area (Å²) >= 11 is 1.46. The van der Waals surface area contributed by atoms with E-state index in [1.807, 2.05) is 6.92 Å². The topological polar surface area (TPSA) is 54.9 Å². The van der Waals surface area contributed by atoms with Crippen LogP contribution in [-0.4, -0.2) is 34.1 Å². The summed E-state index contributed by atoms with van der Waals surface area (Å²) in [4.78, 5) is 20.5. The van der Waals surface area contributed by atoms with Gasteiger partial charge in [0.1, 0.15) is 5.03 Å². The average Bonchev–Trinajstić information content (AvgIpc) is 2.48. The van der Waals surface area contributed by atoms with Crippen molar-refractivity contribution >= 4 is 17.7 Å². The van der Waals surface area contributed by atoms with Gasteiger partial charge in [0.25, 0.3) is 5.91 Å². The third kappa shape index (κ3) is 4.36. The summed E-state index contributed by atoms with van der Waals surface area (Å²) in [5.74, 6) is 0.0128. The summed E-state index contributed by atoms with van der Waals surface area (Å²) in [5, 5.41) is 3.50. The maximum Gasteiger partial charge on any atom is 0.272 e. The first-order valence-electron chi connectivity index (χ1n) is 7.14. The Hall–Kier alpha value is -1.24. The van der Waals surface area contributed by atoms with Crippen molar-refractivity contribution in [3.8, 4) is 0 Å². The SMILES string of the molecule is CCSc1nccnc1C(=O)NC1CCC(C(F)F)CC1. The van der Waals surface area contributed by atoms with Crippen LogP contribution in [0.3, 0.4) is 0 Å². The van der Waals surface area contributed by atoms with Gasteiger partial charge in [0.15, 0.2) is 5.69 Å². The highest BCUT2D eigenvalue weighted by atomic mass is 32.2. The summed E-state index contributed by atoms with van der Waals surface area (Å²) in [5.41, 5.74) is 0.320. The number of halogens is 2. The lowest BCUT2D eigenvalue weighted by atomic mass is 9.86. The Morgan fingerprint density at radius 1 is 1.33 bits per heavy atom. The number of alkyl halides is 2. The molecule has 0 spiro atoms. The third-order valence-electron chi connectivity index (χ3n) is 3.62. The lowest BCUT2D eigenvalue weighted by molar-refractivity contribution is 0.0499. The maximum absolute atomic E-state index is 12.6. The molecular weight excluding hydrogens is 296 g/mol. The fraction of sp³-hybridized carbons (Fsp3) is 0.643. The van der Waals surface area contributed by atoms with Crippen LogP contribution in [0.2, 0.25) is 0 Å². The lowest BCUT2D eigenvalue weighted by Gasteiger charge is -2.28. The van der Waals surface area contributed by atoms with Gasteiger partial charge in [0.05, 0.1) is 0 Å². The molecule has 4 nitrogen and oxygen atoms in total. The number of aromatic nitrogens is 2. The van der Waals surface area contributed by atoms with E-state index >= 15 is 0 Å². The first-order chi connectivity index (χ1) is 10.1. The van der Waals surface area contributed by atoms with E-state index in [0.29, 0.717) is 36.4 Å². The quantitative estimate of drug-likeness (QED) is 0.848. The van der Waals surface area contributed by atoms with Gasteiger partial charge in [-0.1, -0.05) is 6.92 Å². The van der Waals surface area contributed by atoms with Crippen LogP contribution in [-0.2, 0) is 0 Å². The van der Waals surface area contributed by atoms with Gasteiger partial charge in [-0.3, -0.25) is 4.79 Å². The smallest absolute Gasteiger partial charge is 0.272 e. The molecule has 0 aromatic carbocycles. The number of hydrogen-bond acceptors (Lipinski definition) is 4. The molecule has 1 N–H and O–H groups in total. The predicted molar refractivity (Wildman–Crippen MR) is 77.6 cm³/mol. The minimum absolute atomic E-state index is 0.0472. The normalized spacial score (nSPS) is 22.3. The van der Waals surface area contributed by atoms with E-state index in [2.05, 4.69) is 15.3 Å². The summed E-state index contributed by atoms with van der Waals surface area (Å²) in [7, 11) is 0. The fourth-order valence-electron chi connectivity index (χ4n) is 2.49. The Bertz CT molecular complexity index is 479. The summed E-state index contributed by atoms with van der Waals surface area (Å²) in [6, 6.07) is -0.0472. The zero-order valence-corrected chi connectivity index (χ0v) is 12.7. The van der Waals surface area contributed by atoms with Crippen LogP contribution in [0.15, 0.2) is 17.4 Å². The molecule has 116 valence electrons. The number of nitrogens with one attached hydrogen (secondary N) is 1. The van der Waals surface area contributed by atoms with E-state index in [1.54, 1.807) is 6.20 Å². The molecule has 0 aliphatic heterocycles. The molecule has 1 fully saturated rings. The second kappa shape index (κ2) is 7.68. The number of carbonyl (C=O) groups excluding carboxylic acids is 1. The van der Waals surface area contributed by atoms with Crippen LogP contribution in [0, 0.1) is 5.92 Å². The number of hydrogen-bond donors (Lipinski definition) is 1. The second-order valence-corrected chi connectivity index (χ2v) is 6.32. The van der Waals surface area contributed by atoms with E-state index in [1.165, 1.54) is 18.0 Å². The minimum Gasteiger partial charge on any atom is -0.348 e. The van der Waals surface area contributed by atoms with Crippen LogP contribution < -0.4 is 5.32 Å². The Kier molecular flexibility index (Phi) is 5.90. The number of carbonyl (C=O) groups is 1. The van der Waals surface area contributed by atoms with Crippen LogP contribution in [0.4, 0.5) is 8.78 Å². The van der Waals surface area contributed by atoms with Gasteiger partial charge in [0.2, 0.25) is 6.43 Å². The monoisotopic (exact) mass is 315 g/mol. The Morgan fingerprint density at radius 2 is 2.00 bits per heavy atom. The molecule has 0 bridgehead atoms. The zero-order chi connectivity index (χ0) is 15.2. The molecule has 1 aliphatic rings. The molecular formula is C14H19F2N3OS. The molecule has 1 aromatic heterocycles. The van der Waals surface area contributed by atoms with Crippen molar-refractivity contribution in [2.75, 3.05) is 5.75 Å². The van der Waals surface area contributed by atoms with Crippen LogP contribution in [0.1, 0.15) is 43.1 Å². The molecule has 1 amide bonds. The molecule has 0 radical (unpaired) electrons. The average molecular weight is 315 g/mol. The van der Waals surface area contributed by atoms with Crippen molar-refractivity contribution in [3.63, 3.8) is 0 Å². The Morgan fingerprint density at radius 3 is 2.62 bits per heavy atom. The molecule has 0 unspecified atom stereocenters. The van der Waals surface area contributed by atoms with Crippen molar-refractivity contribution < 1.29 is 13.6 Å². The van der Waals surface area contributed by atoms with Crippen LogP contribution >= 0.6 is 11.8 Å². The van der Waals surface area contributed by atoms with Gasteiger partial charge in [-0.05, 0) is 31.4 Å². The van der Waals surface area contributed by atoms with Gasteiger partial charge in [0, 0.05) is 24.4 Å². The first-order valence-corrected chi connectivity index (χ1v) is 8.13. The molecule has 0 saturated heterocycles. The fourth-order valence-corrected chi connectivity index (χ4v) is 3.18. The van der Waals surface area contributed by atoms with Gasteiger partial charge in [-0.2, -0.15) is 0 Å². The van der Waals surface area contributed by atoms with Gasteiger partial charge in [-0.15, -0.1) is 11.8 Å². The number of rotatable bonds is 5. The predicted octanol–water partition coefficient (Wildman–Crippen LogP) is 3.14. The summed E-state index contributed by atoms with van der Waals surface area (Å²) in [6.07, 6.45) is 2.90. The zero-order valence-electron chi connectivity index (χ0n) is 11.9. The molecule has 1 aliphatic carbocycles. The minimum atomic E-state index is -2.26. The third-order valence-corrected chi connectivity index (χ3v) is 4.49. The summed E-state index contributed by atoms with van der Waals surface area (Å²) < 4.78 is 25.2. The Balaban J connectivity index is 1.93. The van der Waals surface area contributed by atoms with Crippen molar-refractivity contribution in [2.45, 2.75) is 50.1 Å². The van der Waals surface area contributed by atoms with E-state index in [-0.39, 0.29) is 11.9 Å². The lowest BCUT2D eigenvalue weighted by Crippen LogP contribution is -2.39. The molecule has 1 aromatic rings. The molecule has 21 heavy (non-hydrogen) atoms. The van der Waals surface area contributed by atoms with E-state index in [4.69, 9.17) is 0 Å². The van der Waals surface area contributed by atoms with Gasteiger partial charge < -0.3 is 5.32 Å². The standard InChI is InChI=1S/C14H19F2N3OS/c1-2-21-14-11(17-7-8-18-14)13(20)19-10-5-3-9(4-6-10)12(15)16/h7-10,12H,2-6H2,1H3,(H,19,20). The van der Waals surface area contributed by atoms with Crippen molar-refractivity contribution in [1.29, 1.82) is 0 Å². The number of nitrogens with zero attached hydrogens (tertiary/aromatic N) is 2. The molecule has 7 heteroatoms. The highest BCUT2D eigenvalue weighted by molar-refractivity contribution is 7.99. The summed E-state index contributed by atoms with van der Waals surface area (Å²) in [6.45, 7) is 1.98. The number of amides is 1. The highest BCUT2D eigenvalue weighted by Crippen LogP contribution is 2.29.